The lowest BCUT2D eigenvalue weighted by Crippen LogP contribution is -2.48. The molecule has 6 nitrogen and oxygen atoms in total. The van der Waals surface area contributed by atoms with Crippen LogP contribution < -0.4 is 5.32 Å². The van der Waals surface area contributed by atoms with E-state index in [-0.39, 0.29) is 38.6 Å². The lowest BCUT2D eigenvalue weighted by Gasteiger charge is -2.37. The van der Waals surface area contributed by atoms with Crippen molar-refractivity contribution < 1.29 is 23.1 Å². The number of aromatic nitrogens is 3. The summed E-state index contributed by atoms with van der Waals surface area (Å²) in [4.78, 5) is 13.5. The van der Waals surface area contributed by atoms with Gasteiger partial charge in [0.1, 0.15) is 0 Å². The lowest BCUT2D eigenvalue weighted by atomic mass is 9.77. The normalized spacial score (nSPS) is 23.2. The molecule has 0 spiro atoms. The number of alkyl halides is 3. The molecule has 0 saturated heterocycles. The van der Waals surface area contributed by atoms with Gasteiger partial charge >= 0.3 is 6.18 Å². The van der Waals surface area contributed by atoms with Gasteiger partial charge in [-0.3, -0.25) is 4.79 Å². The van der Waals surface area contributed by atoms with Crippen molar-refractivity contribution in [2.24, 2.45) is 5.92 Å². The summed E-state index contributed by atoms with van der Waals surface area (Å²) in [5.74, 6) is -1.95. The first-order valence-corrected chi connectivity index (χ1v) is 8.78. The van der Waals surface area contributed by atoms with Crippen LogP contribution in [0.2, 0.25) is 0 Å². The average Bonchev–Trinajstić information content (AvgIpc) is 3.09. The molecular weight excluding hydrogens is 361 g/mol. The Labute approximate surface area is 154 Å². The van der Waals surface area contributed by atoms with Crippen molar-refractivity contribution in [2.45, 2.75) is 43.9 Å². The molecular formula is C18H21F3N4O2. The number of rotatable bonds is 5. The highest BCUT2D eigenvalue weighted by atomic mass is 19.4. The van der Waals surface area contributed by atoms with E-state index >= 15 is 0 Å². The number of carbonyl (C=O) groups excluding carboxylic acids is 1. The van der Waals surface area contributed by atoms with Gasteiger partial charge < -0.3 is 10.4 Å². The van der Waals surface area contributed by atoms with Crippen LogP contribution in [0.1, 0.15) is 31.4 Å². The molecule has 3 rings (SSSR count). The number of nitrogens with zero attached hydrogens (tertiary/aromatic N) is 3. The second-order valence-electron chi connectivity index (χ2n) is 6.97. The Balaban J connectivity index is 1.53. The molecule has 2 unspecified atom stereocenters. The van der Waals surface area contributed by atoms with Gasteiger partial charge in [0, 0.05) is 6.54 Å². The Bertz CT molecular complexity index is 778. The van der Waals surface area contributed by atoms with Crippen LogP contribution >= 0.6 is 0 Å². The fourth-order valence-electron chi connectivity index (χ4n) is 3.33. The zero-order valence-corrected chi connectivity index (χ0v) is 14.6. The smallest absolute Gasteiger partial charge is 0.388 e. The van der Waals surface area contributed by atoms with Crippen molar-refractivity contribution in [3.8, 4) is 5.69 Å². The van der Waals surface area contributed by atoms with Gasteiger partial charge in [-0.1, -0.05) is 18.2 Å². The van der Waals surface area contributed by atoms with Crippen molar-refractivity contribution in [3.63, 3.8) is 0 Å². The number of amides is 1. The minimum atomic E-state index is -4.33. The average molecular weight is 382 g/mol. The summed E-state index contributed by atoms with van der Waals surface area (Å²) in [7, 11) is 0. The van der Waals surface area contributed by atoms with Gasteiger partial charge in [-0.2, -0.15) is 28.2 Å². The number of nitrogens with one attached hydrogen (secondary N) is 1. The molecule has 1 aliphatic rings. The number of benzene rings is 1. The van der Waals surface area contributed by atoms with E-state index in [1.54, 1.807) is 0 Å². The monoisotopic (exact) mass is 382 g/mol. The standard InChI is InChI=1S/C18H21F3N4O2/c19-18(20,21)13-5-4-8-17(27,10-13)12-22-16(26)9-14-11-23-25(24-14)15-6-2-1-3-7-15/h1-3,6-7,11,13,27H,4-5,8-10,12H2,(H,22,26). The first-order chi connectivity index (χ1) is 12.8. The minimum absolute atomic E-state index is 0.0162. The van der Waals surface area contributed by atoms with E-state index in [1.807, 2.05) is 30.3 Å². The van der Waals surface area contributed by atoms with Gasteiger partial charge in [-0.25, -0.2) is 0 Å². The predicted molar refractivity (Wildman–Crippen MR) is 91.0 cm³/mol. The topological polar surface area (TPSA) is 80.0 Å². The highest BCUT2D eigenvalue weighted by molar-refractivity contribution is 5.78. The fraction of sp³-hybridized carbons (Fsp3) is 0.500. The molecule has 146 valence electrons. The fourth-order valence-corrected chi connectivity index (χ4v) is 3.33. The predicted octanol–water partition coefficient (Wildman–Crippen LogP) is 2.41. The first kappa shape index (κ1) is 19.3. The summed E-state index contributed by atoms with van der Waals surface area (Å²) in [5.41, 5.74) is -0.352. The van der Waals surface area contributed by atoms with Crippen LogP contribution in [0, 0.1) is 5.92 Å². The first-order valence-electron chi connectivity index (χ1n) is 8.78. The van der Waals surface area contributed by atoms with Crippen LogP contribution in [0.3, 0.4) is 0 Å². The number of para-hydroxylation sites is 1. The van der Waals surface area contributed by atoms with E-state index in [2.05, 4.69) is 15.5 Å². The number of hydrogen-bond acceptors (Lipinski definition) is 4. The van der Waals surface area contributed by atoms with Crippen LogP contribution in [0.5, 0.6) is 0 Å². The Morgan fingerprint density at radius 3 is 2.78 bits per heavy atom. The highest BCUT2D eigenvalue weighted by Gasteiger charge is 2.46. The highest BCUT2D eigenvalue weighted by Crippen LogP contribution is 2.41. The maximum atomic E-state index is 12.9. The molecule has 1 aliphatic carbocycles. The maximum Gasteiger partial charge on any atom is 0.391 e. The molecule has 0 bridgehead atoms. The number of carbonyl (C=O) groups is 1. The van der Waals surface area contributed by atoms with E-state index in [4.69, 9.17) is 0 Å². The van der Waals surface area contributed by atoms with Crippen LogP contribution in [-0.4, -0.2) is 44.3 Å². The molecule has 1 amide bonds. The summed E-state index contributed by atoms with van der Waals surface area (Å²) in [5, 5.41) is 21.3. The number of aliphatic hydroxyl groups is 1. The minimum Gasteiger partial charge on any atom is -0.388 e. The molecule has 1 aromatic carbocycles. The molecule has 1 heterocycles. The van der Waals surface area contributed by atoms with E-state index in [9.17, 15) is 23.1 Å². The van der Waals surface area contributed by atoms with Crippen molar-refractivity contribution in [2.75, 3.05) is 6.54 Å². The number of halogens is 3. The summed E-state index contributed by atoms with van der Waals surface area (Å²) < 4.78 is 38.7. The van der Waals surface area contributed by atoms with Crippen LogP contribution in [0.25, 0.3) is 5.69 Å². The maximum absolute atomic E-state index is 12.9. The van der Waals surface area contributed by atoms with Crippen molar-refractivity contribution in [1.82, 2.24) is 20.3 Å². The Kier molecular flexibility index (Phi) is 5.50. The number of hydrogen-bond donors (Lipinski definition) is 2. The SMILES string of the molecule is O=C(Cc1cnn(-c2ccccc2)n1)NCC1(O)CCCC(C(F)(F)F)C1. The summed E-state index contributed by atoms with van der Waals surface area (Å²) in [6, 6.07) is 9.17. The third-order valence-corrected chi connectivity index (χ3v) is 4.77. The molecule has 2 atom stereocenters. The second kappa shape index (κ2) is 7.67. The van der Waals surface area contributed by atoms with E-state index < -0.39 is 23.6 Å². The van der Waals surface area contributed by atoms with Crippen LogP contribution in [0.4, 0.5) is 13.2 Å². The Morgan fingerprint density at radius 1 is 1.33 bits per heavy atom. The molecule has 0 aliphatic heterocycles. The molecule has 0 radical (unpaired) electrons. The molecule has 27 heavy (non-hydrogen) atoms. The van der Waals surface area contributed by atoms with Crippen molar-refractivity contribution in [1.29, 1.82) is 0 Å². The van der Waals surface area contributed by atoms with Crippen molar-refractivity contribution >= 4 is 5.91 Å². The van der Waals surface area contributed by atoms with Gasteiger partial charge in [0.05, 0.1) is 35.5 Å². The van der Waals surface area contributed by atoms with Gasteiger partial charge in [-0.15, -0.1) is 0 Å². The molecule has 2 aromatic rings. The third kappa shape index (κ3) is 5.06. The zero-order valence-electron chi connectivity index (χ0n) is 14.6. The molecule has 1 saturated carbocycles. The van der Waals surface area contributed by atoms with Gasteiger partial charge in [-0.05, 0) is 37.8 Å². The third-order valence-electron chi connectivity index (χ3n) is 4.77. The molecule has 1 fully saturated rings. The van der Waals surface area contributed by atoms with Gasteiger partial charge in [0.2, 0.25) is 5.91 Å². The lowest BCUT2D eigenvalue weighted by molar-refractivity contribution is -0.199. The van der Waals surface area contributed by atoms with Crippen LogP contribution in [0.15, 0.2) is 36.5 Å². The quantitative estimate of drug-likeness (QED) is 0.832. The van der Waals surface area contributed by atoms with E-state index in [0.717, 1.165) is 5.69 Å². The van der Waals surface area contributed by atoms with E-state index in [1.165, 1.54) is 11.0 Å². The van der Waals surface area contributed by atoms with Crippen molar-refractivity contribution in [3.05, 3.63) is 42.2 Å². The summed E-state index contributed by atoms with van der Waals surface area (Å²) >= 11 is 0. The molecule has 9 heteroatoms. The Hall–Kier alpha value is -2.42. The van der Waals surface area contributed by atoms with Gasteiger partial charge in [0.15, 0.2) is 0 Å². The Morgan fingerprint density at radius 2 is 2.07 bits per heavy atom. The molecule has 2 N–H and O–H groups in total. The van der Waals surface area contributed by atoms with E-state index in [0.29, 0.717) is 5.69 Å². The van der Waals surface area contributed by atoms with Gasteiger partial charge in [0.25, 0.3) is 0 Å². The van der Waals surface area contributed by atoms with Crippen LogP contribution in [-0.2, 0) is 11.2 Å². The summed E-state index contributed by atoms with van der Waals surface area (Å²) in [6.07, 6.45) is -2.78. The zero-order chi connectivity index (χ0) is 19.5. The largest absolute Gasteiger partial charge is 0.391 e. The molecule has 1 aromatic heterocycles. The summed E-state index contributed by atoms with van der Waals surface area (Å²) in [6.45, 7) is -0.203. The second-order valence-corrected chi connectivity index (χ2v) is 6.97.